The van der Waals surface area contributed by atoms with Crippen molar-refractivity contribution in [2.75, 3.05) is 13.1 Å². The van der Waals surface area contributed by atoms with Crippen LogP contribution in [0.2, 0.25) is 0 Å². The fourth-order valence-corrected chi connectivity index (χ4v) is 4.85. The van der Waals surface area contributed by atoms with Crippen molar-refractivity contribution in [1.29, 1.82) is 0 Å². The van der Waals surface area contributed by atoms with E-state index in [2.05, 4.69) is 10.1 Å². The molecule has 0 aliphatic heterocycles. The smallest absolute Gasteiger partial charge is 0.246 e. The lowest BCUT2D eigenvalue weighted by molar-refractivity contribution is 0.444. The first-order valence-corrected chi connectivity index (χ1v) is 9.71. The van der Waals surface area contributed by atoms with Gasteiger partial charge in [-0.25, -0.2) is 13.4 Å². The van der Waals surface area contributed by atoms with Crippen LogP contribution in [0.5, 0.6) is 0 Å². The maximum absolute atomic E-state index is 12.9. The van der Waals surface area contributed by atoms with Gasteiger partial charge in [-0.05, 0) is 26.0 Å². The Morgan fingerprint density at radius 3 is 2.48 bits per heavy atom. The number of hydrogen-bond donors (Lipinski definition) is 0. The molecule has 0 N–H and O–H groups in total. The van der Waals surface area contributed by atoms with Crippen LogP contribution >= 0.6 is 0 Å². The lowest BCUT2D eigenvalue weighted by Gasteiger charge is -2.18. The molecule has 0 unspecified atom stereocenters. The van der Waals surface area contributed by atoms with Gasteiger partial charge in [-0.3, -0.25) is 4.68 Å². The first kappa shape index (κ1) is 17.6. The number of aromatic nitrogens is 3. The van der Waals surface area contributed by atoms with E-state index in [9.17, 15) is 8.42 Å². The Morgan fingerprint density at radius 1 is 1.16 bits per heavy atom. The third kappa shape index (κ3) is 3.07. The molecule has 7 nitrogen and oxygen atoms in total. The van der Waals surface area contributed by atoms with Gasteiger partial charge in [0.25, 0.3) is 0 Å². The lowest BCUT2D eigenvalue weighted by Crippen LogP contribution is -2.31. The standard InChI is InChI=1S/C17H22N4O3S/c1-5-20(6-2)25(22,23)17-12(3)19-21(13(17)4)11-16-18-14-9-7-8-10-15(14)24-16/h7-10H,5-6,11H2,1-4H3. The fraction of sp³-hybridized carbons (Fsp3) is 0.412. The zero-order chi connectivity index (χ0) is 18.2. The van der Waals surface area contributed by atoms with Gasteiger partial charge in [-0.15, -0.1) is 0 Å². The second-order valence-electron chi connectivity index (χ2n) is 5.82. The Morgan fingerprint density at radius 2 is 1.84 bits per heavy atom. The van der Waals surface area contributed by atoms with Crippen LogP contribution in [0.1, 0.15) is 31.1 Å². The molecule has 0 saturated carbocycles. The van der Waals surface area contributed by atoms with E-state index in [4.69, 9.17) is 4.42 Å². The molecule has 0 aliphatic carbocycles. The van der Waals surface area contributed by atoms with Gasteiger partial charge >= 0.3 is 0 Å². The van der Waals surface area contributed by atoms with Crippen molar-refractivity contribution in [3.63, 3.8) is 0 Å². The SMILES string of the molecule is CCN(CC)S(=O)(=O)c1c(C)nn(Cc2nc3ccccc3o2)c1C. The molecular formula is C17H22N4O3S. The second-order valence-corrected chi connectivity index (χ2v) is 7.70. The Kier molecular flexibility index (Phi) is 4.66. The highest BCUT2D eigenvalue weighted by Crippen LogP contribution is 2.24. The Balaban J connectivity index is 1.99. The number of aryl methyl sites for hydroxylation is 1. The van der Waals surface area contributed by atoms with Gasteiger partial charge in [0.2, 0.25) is 15.9 Å². The quantitative estimate of drug-likeness (QED) is 0.673. The number of hydrogen-bond acceptors (Lipinski definition) is 5. The van der Waals surface area contributed by atoms with Crippen LogP contribution in [-0.2, 0) is 16.6 Å². The average Bonchev–Trinajstić information content (AvgIpc) is 3.09. The summed E-state index contributed by atoms with van der Waals surface area (Å²) in [5, 5.41) is 4.40. The molecule has 1 aromatic carbocycles. The third-order valence-electron chi connectivity index (χ3n) is 4.24. The van der Waals surface area contributed by atoms with Gasteiger partial charge in [0, 0.05) is 13.1 Å². The predicted octanol–water partition coefficient (Wildman–Crippen LogP) is 2.72. The van der Waals surface area contributed by atoms with Crippen LogP contribution in [0.15, 0.2) is 33.6 Å². The van der Waals surface area contributed by atoms with E-state index in [1.807, 2.05) is 38.1 Å². The van der Waals surface area contributed by atoms with Crippen LogP contribution in [0.4, 0.5) is 0 Å². The fourth-order valence-electron chi connectivity index (χ4n) is 3.02. The number of oxazole rings is 1. The molecule has 0 fully saturated rings. The van der Waals surface area contributed by atoms with Gasteiger partial charge in [0.15, 0.2) is 5.58 Å². The summed E-state index contributed by atoms with van der Waals surface area (Å²) in [6.45, 7) is 8.27. The minimum absolute atomic E-state index is 0.271. The molecule has 25 heavy (non-hydrogen) atoms. The van der Waals surface area contributed by atoms with Crippen molar-refractivity contribution in [2.24, 2.45) is 0 Å². The Bertz CT molecular complexity index is 967. The van der Waals surface area contributed by atoms with E-state index in [1.165, 1.54) is 4.31 Å². The van der Waals surface area contributed by atoms with Gasteiger partial charge in [-0.2, -0.15) is 9.40 Å². The normalized spacial score (nSPS) is 12.4. The maximum atomic E-state index is 12.9. The van der Waals surface area contributed by atoms with Crippen molar-refractivity contribution in [3.05, 3.63) is 41.5 Å². The first-order chi connectivity index (χ1) is 11.9. The summed E-state index contributed by atoms with van der Waals surface area (Å²) in [5.74, 6) is 0.499. The number of sulfonamides is 1. The highest BCUT2D eigenvalue weighted by Gasteiger charge is 2.29. The summed E-state index contributed by atoms with van der Waals surface area (Å²) >= 11 is 0. The highest BCUT2D eigenvalue weighted by molar-refractivity contribution is 7.89. The number of fused-ring (bicyclic) bond motifs is 1. The van der Waals surface area contributed by atoms with E-state index in [0.29, 0.717) is 36.0 Å². The Hall–Kier alpha value is -2.19. The summed E-state index contributed by atoms with van der Waals surface area (Å²) < 4.78 is 34.5. The molecule has 2 aromatic heterocycles. The average molecular weight is 362 g/mol. The van der Waals surface area contributed by atoms with E-state index in [0.717, 1.165) is 5.52 Å². The Labute approximate surface area is 147 Å². The number of para-hydroxylation sites is 2. The molecule has 2 heterocycles. The molecule has 0 aliphatic rings. The van der Waals surface area contributed by atoms with Crippen LogP contribution in [0, 0.1) is 13.8 Å². The van der Waals surface area contributed by atoms with E-state index in [1.54, 1.807) is 18.5 Å². The molecule has 0 amide bonds. The molecule has 8 heteroatoms. The predicted molar refractivity (Wildman–Crippen MR) is 94.9 cm³/mol. The zero-order valence-corrected chi connectivity index (χ0v) is 15.7. The maximum Gasteiger partial charge on any atom is 0.246 e. The minimum atomic E-state index is -3.56. The molecule has 3 rings (SSSR count). The lowest BCUT2D eigenvalue weighted by atomic mass is 10.3. The number of benzene rings is 1. The van der Waals surface area contributed by atoms with Gasteiger partial charge in [-0.1, -0.05) is 26.0 Å². The molecule has 0 saturated heterocycles. The van der Waals surface area contributed by atoms with Crippen molar-refractivity contribution in [3.8, 4) is 0 Å². The topological polar surface area (TPSA) is 81.2 Å². The molecule has 0 spiro atoms. The van der Waals surface area contributed by atoms with Crippen molar-refractivity contribution in [1.82, 2.24) is 19.1 Å². The summed E-state index contributed by atoms with van der Waals surface area (Å²) in [6, 6.07) is 7.51. The second kappa shape index (κ2) is 6.61. The molecule has 0 radical (unpaired) electrons. The van der Waals surface area contributed by atoms with Gasteiger partial charge < -0.3 is 4.42 Å². The van der Waals surface area contributed by atoms with Crippen LogP contribution in [-0.4, -0.2) is 40.6 Å². The number of rotatable bonds is 6. The molecule has 3 aromatic rings. The van der Waals surface area contributed by atoms with Gasteiger partial charge in [0.05, 0.1) is 11.4 Å². The van der Waals surface area contributed by atoms with Crippen molar-refractivity contribution < 1.29 is 12.8 Å². The summed E-state index contributed by atoms with van der Waals surface area (Å²) in [5.41, 5.74) is 2.55. The first-order valence-electron chi connectivity index (χ1n) is 8.27. The summed E-state index contributed by atoms with van der Waals surface area (Å²) in [4.78, 5) is 4.70. The largest absolute Gasteiger partial charge is 0.439 e. The molecule has 0 atom stereocenters. The zero-order valence-electron chi connectivity index (χ0n) is 14.9. The van der Waals surface area contributed by atoms with Crippen LogP contribution in [0.3, 0.4) is 0 Å². The highest BCUT2D eigenvalue weighted by atomic mass is 32.2. The van der Waals surface area contributed by atoms with E-state index < -0.39 is 10.0 Å². The van der Waals surface area contributed by atoms with Crippen LogP contribution in [0.25, 0.3) is 11.1 Å². The van der Waals surface area contributed by atoms with E-state index >= 15 is 0 Å². The summed E-state index contributed by atoms with van der Waals surface area (Å²) in [6.07, 6.45) is 0. The minimum Gasteiger partial charge on any atom is -0.439 e. The van der Waals surface area contributed by atoms with E-state index in [-0.39, 0.29) is 11.4 Å². The number of nitrogens with zero attached hydrogens (tertiary/aromatic N) is 4. The molecular weight excluding hydrogens is 340 g/mol. The molecule has 0 bridgehead atoms. The van der Waals surface area contributed by atoms with Crippen molar-refractivity contribution >= 4 is 21.1 Å². The molecule has 134 valence electrons. The third-order valence-corrected chi connectivity index (χ3v) is 6.54. The summed E-state index contributed by atoms with van der Waals surface area (Å²) in [7, 11) is -3.56. The monoisotopic (exact) mass is 362 g/mol. The van der Waals surface area contributed by atoms with Crippen molar-refractivity contribution in [2.45, 2.75) is 39.1 Å². The van der Waals surface area contributed by atoms with Gasteiger partial charge in [0.1, 0.15) is 17.0 Å². The van der Waals surface area contributed by atoms with Crippen LogP contribution < -0.4 is 0 Å².